The van der Waals surface area contributed by atoms with Crippen LogP contribution in [-0.2, 0) is 5.60 Å². The summed E-state index contributed by atoms with van der Waals surface area (Å²) in [5.41, 5.74) is 3.21. The fourth-order valence-corrected chi connectivity index (χ4v) is 9.35. The Bertz CT molecular complexity index is 1620. The summed E-state index contributed by atoms with van der Waals surface area (Å²) in [7, 11) is 0. The van der Waals surface area contributed by atoms with E-state index in [-0.39, 0.29) is 5.25 Å². The van der Waals surface area contributed by atoms with Crippen molar-refractivity contribution in [1.82, 2.24) is 15.2 Å². The number of unbranched alkanes of at least 4 members (excludes halogenated alkanes) is 1. The maximum atomic E-state index is 14.2. The maximum Gasteiger partial charge on any atom is 0.124 e. The first-order valence-corrected chi connectivity index (χ1v) is 20.1. The van der Waals surface area contributed by atoms with Gasteiger partial charge in [-0.1, -0.05) is 42.3 Å². The standard InChI is InChI=1S/C41H52ClF2N5OS/c1-28(43)8-3-2-4-11-35(45)38-36-24-30(17-22-46-21-16-29-9-5-18-41(50,19-15-29)31-10-6-20-47-26-31)27-49(36)40(37-12-7-23-51-37)48-39(38)33-14-13-32(44)25-34(33)42/h4,6-7,10-11,13-14,20,23,25-26,28-30,37,39,45-46,50H,2-3,5,8-9,12,15-19,21-22,24,27H2,1H3/b11-4-,45-35?/t28?,29?,30?,37?,39-,41?/m0/s1. The van der Waals surface area contributed by atoms with Crippen LogP contribution in [0.2, 0.25) is 5.02 Å². The summed E-state index contributed by atoms with van der Waals surface area (Å²) >= 11 is 8.46. The maximum absolute atomic E-state index is 14.2. The van der Waals surface area contributed by atoms with Gasteiger partial charge in [0.15, 0.2) is 0 Å². The number of amidine groups is 1. The molecule has 0 bridgehead atoms. The number of alkyl halides is 1. The quantitative estimate of drug-likeness (QED) is 0.0964. The summed E-state index contributed by atoms with van der Waals surface area (Å²) < 4.78 is 27.6. The topological polar surface area (TPSA) is 84.6 Å². The SMILES string of the molecule is CC(F)CCC/C=C\C(=N)C1=C2CC(CCNCCC3CCCC(O)(c4cccnc4)CC3)CN2C(C2CC=CS2)=N[C@H]1c1ccc(F)cc1Cl. The molecule has 10 heteroatoms. The van der Waals surface area contributed by atoms with Crippen molar-refractivity contribution in [2.45, 2.75) is 107 Å². The molecule has 4 aliphatic rings. The van der Waals surface area contributed by atoms with Crippen LogP contribution in [0.4, 0.5) is 8.78 Å². The summed E-state index contributed by atoms with van der Waals surface area (Å²) in [6, 6.07) is 7.87. The smallest absolute Gasteiger partial charge is 0.124 e. The number of rotatable bonds is 15. The highest BCUT2D eigenvalue weighted by molar-refractivity contribution is 8.03. The molecule has 6 rings (SSSR count). The molecule has 1 aromatic heterocycles. The Hall–Kier alpha value is -2.85. The number of hydrogen-bond donors (Lipinski definition) is 3. The fourth-order valence-electron chi connectivity index (χ4n) is 8.14. The number of aromatic nitrogens is 1. The van der Waals surface area contributed by atoms with Crippen LogP contribution < -0.4 is 5.32 Å². The number of pyridine rings is 1. The van der Waals surface area contributed by atoms with Gasteiger partial charge in [-0.2, -0.15) is 0 Å². The minimum atomic E-state index is -0.837. The molecule has 5 unspecified atom stereocenters. The first-order valence-electron chi connectivity index (χ1n) is 18.8. The minimum absolute atomic E-state index is 0.183. The van der Waals surface area contributed by atoms with E-state index in [0.29, 0.717) is 41.0 Å². The molecule has 0 spiro atoms. The van der Waals surface area contributed by atoms with Gasteiger partial charge in [-0.05, 0) is 132 Å². The average molecular weight is 736 g/mol. The normalized spacial score (nSPS) is 27.2. The summed E-state index contributed by atoms with van der Waals surface area (Å²) in [5.74, 6) is 1.61. The zero-order chi connectivity index (χ0) is 35.8. The third-order valence-corrected chi connectivity index (χ3v) is 12.4. The van der Waals surface area contributed by atoms with E-state index < -0.39 is 23.6 Å². The molecule has 1 aliphatic carbocycles. The lowest BCUT2D eigenvalue weighted by molar-refractivity contribution is 0.0192. The molecule has 1 aromatic carbocycles. The van der Waals surface area contributed by atoms with Gasteiger partial charge in [-0.15, -0.1) is 11.8 Å². The van der Waals surface area contributed by atoms with Crippen LogP contribution in [0.5, 0.6) is 0 Å². The number of aliphatic hydroxyl groups is 1. The van der Waals surface area contributed by atoms with Crippen molar-refractivity contribution in [2.24, 2.45) is 16.8 Å². The second-order valence-corrected chi connectivity index (χ2v) is 16.3. The van der Waals surface area contributed by atoms with Crippen molar-refractivity contribution >= 4 is 34.9 Å². The van der Waals surface area contributed by atoms with Crippen molar-refractivity contribution < 1.29 is 13.9 Å². The van der Waals surface area contributed by atoms with Crippen LogP contribution in [0, 0.1) is 23.1 Å². The fraction of sp³-hybridized carbons (Fsp3) is 0.537. The van der Waals surface area contributed by atoms with Crippen LogP contribution in [0.3, 0.4) is 0 Å². The monoisotopic (exact) mass is 735 g/mol. The van der Waals surface area contributed by atoms with Gasteiger partial charge in [0.25, 0.3) is 0 Å². The second-order valence-electron chi connectivity index (χ2n) is 14.8. The predicted octanol–water partition coefficient (Wildman–Crippen LogP) is 9.86. The van der Waals surface area contributed by atoms with E-state index >= 15 is 0 Å². The summed E-state index contributed by atoms with van der Waals surface area (Å²) in [4.78, 5) is 11.9. The van der Waals surface area contributed by atoms with Gasteiger partial charge >= 0.3 is 0 Å². The molecule has 3 N–H and O–H groups in total. The number of halogens is 3. The first kappa shape index (κ1) is 37.9. The molecular formula is C41H52ClF2N5OS. The van der Waals surface area contributed by atoms with E-state index in [1.807, 2.05) is 30.5 Å². The Labute approximate surface area is 311 Å². The van der Waals surface area contributed by atoms with Crippen LogP contribution in [0.1, 0.15) is 101 Å². The highest BCUT2D eigenvalue weighted by Crippen LogP contribution is 2.46. The zero-order valence-electron chi connectivity index (χ0n) is 29.7. The van der Waals surface area contributed by atoms with E-state index in [0.717, 1.165) is 107 Å². The molecule has 274 valence electrons. The number of benzene rings is 1. The molecule has 2 aromatic rings. The number of nitrogens with one attached hydrogen (secondary N) is 2. The number of thioether (sulfide) groups is 1. The van der Waals surface area contributed by atoms with Crippen molar-refractivity contribution in [3.8, 4) is 0 Å². The molecular weight excluding hydrogens is 684 g/mol. The highest BCUT2D eigenvalue weighted by Gasteiger charge is 2.41. The lowest BCUT2D eigenvalue weighted by Crippen LogP contribution is -2.39. The minimum Gasteiger partial charge on any atom is -0.385 e. The van der Waals surface area contributed by atoms with E-state index in [1.54, 1.807) is 30.9 Å². The Morgan fingerprint density at radius 2 is 2.06 bits per heavy atom. The molecule has 6 atom stereocenters. The van der Waals surface area contributed by atoms with Crippen molar-refractivity contribution in [3.05, 3.63) is 99.6 Å². The summed E-state index contributed by atoms with van der Waals surface area (Å²) in [5, 5.41) is 27.0. The van der Waals surface area contributed by atoms with Crippen LogP contribution in [-0.4, -0.2) is 57.6 Å². The molecule has 4 heterocycles. The van der Waals surface area contributed by atoms with Gasteiger partial charge in [0.2, 0.25) is 0 Å². The number of fused-ring (bicyclic) bond motifs is 1. The van der Waals surface area contributed by atoms with E-state index in [2.05, 4.69) is 26.7 Å². The van der Waals surface area contributed by atoms with E-state index in [1.165, 1.54) is 12.1 Å². The Morgan fingerprint density at radius 3 is 2.80 bits per heavy atom. The largest absolute Gasteiger partial charge is 0.385 e. The summed E-state index contributed by atoms with van der Waals surface area (Å²) in [6.07, 6.45) is 19.2. The van der Waals surface area contributed by atoms with Crippen molar-refractivity contribution in [3.63, 3.8) is 0 Å². The lowest BCUT2D eigenvalue weighted by atomic mass is 9.87. The molecule has 51 heavy (non-hydrogen) atoms. The highest BCUT2D eigenvalue weighted by atomic mass is 35.5. The zero-order valence-corrected chi connectivity index (χ0v) is 31.2. The lowest BCUT2D eigenvalue weighted by Gasteiger charge is -2.35. The molecule has 1 saturated carbocycles. The molecule has 6 nitrogen and oxygen atoms in total. The van der Waals surface area contributed by atoms with Crippen LogP contribution >= 0.6 is 23.4 Å². The van der Waals surface area contributed by atoms with Crippen LogP contribution in [0.25, 0.3) is 0 Å². The third-order valence-electron chi connectivity index (χ3n) is 11.0. The van der Waals surface area contributed by atoms with Crippen molar-refractivity contribution in [1.29, 1.82) is 5.41 Å². The molecule has 3 aliphatic heterocycles. The van der Waals surface area contributed by atoms with Gasteiger partial charge in [-0.25, -0.2) is 8.78 Å². The van der Waals surface area contributed by atoms with E-state index in [4.69, 9.17) is 16.6 Å². The van der Waals surface area contributed by atoms with E-state index in [9.17, 15) is 19.3 Å². The Kier molecular flexibility index (Phi) is 13.2. The molecule has 0 amide bonds. The molecule has 1 saturated heterocycles. The number of allylic oxidation sites excluding steroid dienone is 4. The van der Waals surface area contributed by atoms with Gasteiger partial charge < -0.3 is 20.7 Å². The van der Waals surface area contributed by atoms with Gasteiger partial charge in [0, 0.05) is 46.4 Å². The second kappa shape index (κ2) is 17.8. The van der Waals surface area contributed by atoms with Gasteiger partial charge in [0.05, 0.1) is 22.7 Å². The Morgan fingerprint density at radius 1 is 1.22 bits per heavy atom. The first-order chi connectivity index (χ1) is 24.7. The summed E-state index contributed by atoms with van der Waals surface area (Å²) in [6.45, 7) is 4.30. The number of aliphatic imine (C=N–C) groups is 1. The van der Waals surface area contributed by atoms with Crippen LogP contribution in [0.15, 0.2) is 82.6 Å². The predicted molar refractivity (Wildman–Crippen MR) is 207 cm³/mol. The Balaban J connectivity index is 1.12. The number of nitrogens with zero attached hydrogens (tertiary/aromatic N) is 3. The van der Waals surface area contributed by atoms with Gasteiger partial charge in [0.1, 0.15) is 17.7 Å². The number of hydrogen-bond acceptors (Lipinski definition) is 7. The third kappa shape index (κ3) is 9.58. The molecule has 2 fully saturated rings. The van der Waals surface area contributed by atoms with Crippen molar-refractivity contribution in [2.75, 3.05) is 19.6 Å². The average Bonchev–Trinajstić information content (AvgIpc) is 3.76. The van der Waals surface area contributed by atoms with Gasteiger partial charge in [-0.3, -0.25) is 9.98 Å². The molecule has 0 radical (unpaired) electrons.